The number of likely N-dealkylation sites (tertiary alicyclic amines) is 1. The summed E-state index contributed by atoms with van der Waals surface area (Å²) in [6.07, 6.45) is 2.45. The van der Waals surface area contributed by atoms with E-state index in [1.165, 1.54) is 5.56 Å². The summed E-state index contributed by atoms with van der Waals surface area (Å²) in [5.41, 5.74) is 2.33. The van der Waals surface area contributed by atoms with E-state index in [1.807, 2.05) is 41.8 Å². The van der Waals surface area contributed by atoms with Crippen molar-refractivity contribution >= 4 is 17.6 Å². The minimum atomic E-state index is -0.0163. The van der Waals surface area contributed by atoms with Gasteiger partial charge in [-0.1, -0.05) is 18.2 Å². The van der Waals surface area contributed by atoms with Crippen molar-refractivity contribution in [1.29, 1.82) is 0 Å². The molecule has 3 amide bonds. The Morgan fingerprint density at radius 3 is 2.52 bits per heavy atom. The Labute approximate surface area is 137 Å². The molecule has 1 aromatic carbocycles. The molecule has 0 aromatic heterocycles. The summed E-state index contributed by atoms with van der Waals surface area (Å²) in [6.45, 7) is 6.01. The summed E-state index contributed by atoms with van der Waals surface area (Å²) in [5.74, 6) is 0.253. The number of piperidine rings is 1. The van der Waals surface area contributed by atoms with Crippen molar-refractivity contribution < 1.29 is 9.59 Å². The molecule has 23 heavy (non-hydrogen) atoms. The van der Waals surface area contributed by atoms with Crippen LogP contribution in [0.1, 0.15) is 32.3 Å². The van der Waals surface area contributed by atoms with Crippen LogP contribution in [0, 0.1) is 5.92 Å². The lowest BCUT2D eigenvalue weighted by molar-refractivity contribution is -0.123. The molecule has 1 aromatic rings. The SMILES string of the molecule is CC(C)NC(=O)N1CCC(C(=O)N2CCc3ccccc32)CC1. The van der Waals surface area contributed by atoms with Gasteiger partial charge in [0.05, 0.1) is 0 Å². The average molecular weight is 315 g/mol. The van der Waals surface area contributed by atoms with Gasteiger partial charge in [0.25, 0.3) is 0 Å². The number of nitrogens with zero attached hydrogens (tertiary/aromatic N) is 2. The monoisotopic (exact) mass is 315 g/mol. The van der Waals surface area contributed by atoms with E-state index < -0.39 is 0 Å². The van der Waals surface area contributed by atoms with E-state index in [0.29, 0.717) is 13.1 Å². The lowest BCUT2D eigenvalue weighted by Crippen LogP contribution is -2.48. The van der Waals surface area contributed by atoms with Crippen LogP contribution in [0.3, 0.4) is 0 Å². The Balaban J connectivity index is 1.58. The number of hydrogen-bond donors (Lipinski definition) is 1. The van der Waals surface area contributed by atoms with Gasteiger partial charge in [0.1, 0.15) is 0 Å². The van der Waals surface area contributed by atoms with Gasteiger partial charge in [0, 0.05) is 37.3 Å². The zero-order valence-electron chi connectivity index (χ0n) is 13.9. The highest BCUT2D eigenvalue weighted by Crippen LogP contribution is 2.30. The molecule has 2 aliphatic rings. The predicted octanol–water partition coefficient (Wildman–Crippen LogP) is 2.41. The molecular formula is C18H25N3O2. The molecule has 0 radical (unpaired) electrons. The number of carbonyl (C=O) groups excluding carboxylic acids is 2. The molecule has 0 atom stereocenters. The second kappa shape index (κ2) is 6.60. The number of benzene rings is 1. The number of rotatable bonds is 2. The van der Waals surface area contributed by atoms with Crippen LogP contribution in [-0.2, 0) is 11.2 Å². The van der Waals surface area contributed by atoms with Crippen molar-refractivity contribution in [2.24, 2.45) is 5.92 Å². The molecule has 124 valence electrons. The van der Waals surface area contributed by atoms with Crippen molar-refractivity contribution in [2.75, 3.05) is 24.5 Å². The molecular weight excluding hydrogens is 290 g/mol. The number of hydrogen-bond acceptors (Lipinski definition) is 2. The fourth-order valence-electron chi connectivity index (χ4n) is 3.46. The number of amides is 3. The van der Waals surface area contributed by atoms with E-state index in [4.69, 9.17) is 0 Å². The highest BCUT2D eigenvalue weighted by molar-refractivity contribution is 5.97. The summed E-state index contributed by atoms with van der Waals surface area (Å²) < 4.78 is 0. The predicted molar refractivity (Wildman–Crippen MR) is 90.5 cm³/mol. The summed E-state index contributed by atoms with van der Waals surface area (Å²) in [4.78, 5) is 28.6. The van der Waals surface area contributed by atoms with Gasteiger partial charge in [-0.15, -0.1) is 0 Å². The van der Waals surface area contributed by atoms with Crippen LogP contribution in [0.5, 0.6) is 0 Å². The summed E-state index contributed by atoms with van der Waals surface area (Å²) in [7, 11) is 0. The maximum Gasteiger partial charge on any atom is 0.317 e. The molecule has 0 unspecified atom stereocenters. The Morgan fingerprint density at radius 2 is 1.83 bits per heavy atom. The number of anilines is 1. The normalized spacial score (nSPS) is 18.2. The van der Waals surface area contributed by atoms with Gasteiger partial charge in [0.15, 0.2) is 0 Å². The topological polar surface area (TPSA) is 52.7 Å². The van der Waals surface area contributed by atoms with E-state index >= 15 is 0 Å². The van der Waals surface area contributed by atoms with Gasteiger partial charge in [-0.25, -0.2) is 4.79 Å². The zero-order valence-corrected chi connectivity index (χ0v) is 13.9. The van der Waals surface area contributed by atoms with Crippen molar-refractivity contribution in [2.45, 2.75) is 39.2 Å². The van der Waals surface area contributed by atoms with Crippen LogP contribution >= 0.6 is 0 Å². The zero-order chi connectivity index (χ0) is 16.4. The van der Waals surface area contributed by atoms with Crippen LogP contribution in [0.25, 0.3) is 0 Å². The second-order valence-corrected chi connectivity index (χ2v) is 6.73. The Hall–Kier alpha value is -2.04. The number of fused-ring (bicyclic) bond motifs is 1. The number of para-hydroxylation sites is 1. The third-order valence-electron chi connectivity index (χ3n) is 4.70. The molecule has 0 bridgehead atoms. The third kappa shape index (κ3) is 3.33. The molecule has 2 heterocycles. The molecule has 0 saturated carbocycles. The van der Waals surface area contributed by atoms with Crippen LogP contribution in [0.4, 0.5) is 10.5 Å². The first-order valence-electron chi connectivity index (χ1n) is 8.51. The first-order valence-corrected chi connectivity index (χ1v) is 8.51. The molecule has 0 spiro atoms. The van der Waals surface area contributed by atoms with E-state index in [9.17, 15) is 9.59 Å². The van der Waals surface area contributed by atoms with Crippen molar-refractivity contribution in [3.63, 3.8) is 0 Å². The van der Waals surface area contributed by atoms with Crippen LogP contribution in [0.2, 0.25) is 0 Å². The first-order chi connectivity index (χ1) is 11.1. The quantitative estimate of drug-likeness (QED) is 0.911. The van der Waals surface area contributed by atoms with Crippen LogP contribution < -0.4 is 10.2 Å². The van der Waals surface area contributed by atoms with Crippen LogP contribution in [-0.4, -0.2) is 42.5 Å². The van der Waals surface area contributed by atoms with Gasteiger partial charge >= 0.3 is 6.03 Å². The minimum absolute atomic E-state index is 0.0163. The van der Waals surface area contributed by atoms with E-state index in [2.05, 4.69) is 11.4 Å². The maximum atomic E-state index is 12.8. The Morgan fingerprint density at radius 1 is 1.13 bits per heavy atom. The van der Waals surface area contributed by atoms with Gasteiger partial charge in [-0.2, -0.15) is 0 Å². The molecule has 5 heteroatoms. The van der Waals surface area contributed by atoms with E-state index in [1.54, 1.807) is 0 Å². The fraction of sp³-hybridized carbons (Fsp3) is 0.556. The molecule has 1 saturated heterocycles. The number of carbonyl (C=O) groups is 2. The lowest BCUT2D eigenvalue weighted by Gasteiger charge is -2.33. The average Bonchev–Trinajstić information content (AvgIpc) is 2.97. The summed E-state index contributed by atoms with van der Waals surface area (Å²) in [6, 6.07) is 8.27. The van der Waals surface area contributed by atoms with Gasteiger partial charge in [-0.3, -0.25) is 4.79 Å². The molecule has 5 nitrogen and oxygen atoms in total. The third-order valence-corrected chi connectivity index (χ3v) is 4.70. The number of nitrogens with one attached hydrogen (secondary N) is 1. The highest BCUT2D eigenvalue weighted by Gasteiger charge is 2.33. The van der Waals surface area contributed by atoms with Gasteiger partial charge in [-0.05, 0) is 44.7 Å². The molecule has 1 N–H and O–H groups in total. The molecule has 2 aliphatic heterocycles. The van der Waals surface area contributed by atoms with Crippen LogP contribution in [0.15, 0.2) is 24.3 Å². The van der Waals surface area contributed by atoms with Crippen molar-refractivity contribution in [3.05, 3.63) is 29.8 Å². The van der Waals surface area contributed by atoms with Gasteiger partial charge in [0.2, 0.25) is 5.91 Å². The maximum absolute atomic E-state index is 12.8. The molecule has 0 aliphatic carbocycles. The van der Waals surface area contributed by atoms with Crippen molar-refractivity contribution in [3.8, 4) is 0 Å². The van der Waals surface area contributed by atoms with Crippen molar-refractivity contribution in [1.82, 2.24) is 10.2 Å². The highest BCUT2D eigenvalue weighted by atomic mass is 16.2. The molecule has 1 fully saturated rings. The fourth-order valence-corrected chi connectivity index (χ4v) is 3.46. The lowest BCUT2D eigenvalue weighted by atomic mass is 9.95. The van der Waals surface area contributed by atoms with Gasteiger partial charge < -0.3 is 15.1 Å². The van der Waals surface area contributed by atoms with E-state index in [0.717, 1.165) is 31.5 Å². The standard InChI is InChI=1S/C18H25N3O2/c1-13(2)19-18(23)20-10-7-15(8-11-20)17(22)21-12-9-14-5-3-4-6-16(14)21/h3-6,13,15H,7-12H2,1-2H3,(H,19,23). The minimum Gasteiger partial charge on any atom is -0.336 e. The Kier molecular flexibility index (Phi) is 4.55. The first kappa shape index (κ1) is 15.8. The largest absolute Gasteiger partial charge is 0.336 e. The smallest absolute Gasteiger partial charge is 0.317 e. The molecule has 3 rings (SSSR count). The number of urea groups is 1. The summed E-state index contributed by atoms with van der Waals surface area (Å²) in [5, 5.41) is 2.92. The van der Waals surface area contributed by atoms with E-state index in [-0.39, 0.29) is 23.9 Å². The second-order valence-electron chi connectivity index (χ2n) is 6.73. The summed E-state index contributed by atoms with van der Waals surface area (Å²) >= 11 is 0. The Bertz CT molecular complexity index is 592.